The molecule has 90 valence electrons. The quantitative estimate of drug-likeness (QED) is 0.699. The Balaban J connectivity index is 2.71. The van der Waals surface area contributed by atoms with Crippen LogP contribution >= 0.6 is 59.1 Å². The van der Waals surface area contributed by atoms with E-state index in [1.54, 1.807) is 0 Å². The summed E-state index contributed by atoms with van der Waals surface area (Å²) >= 11 is 11.6. The summed E-state index contributed by atoms with van der Waals surface area (Å²) in [6, 6.07) is 1.99. The van der Waals surface area contributed by atoms with Gasteiger partial charge in [-0.3, -0.25) is 4.79 Å². The van der Waals surface area contributed by atoms with Gasteiger partial charge in [0.2, 0.25) is 0 Å². The van der Waals surface area contributed by atoms with Crippen molar-refractivity contribution in [3.05, 3.63) is 19.2 Å². The third kappa shape index (κ3) is 3.82. The largest absolute Gasteiger partial charge is 0.348 e. The van der Waals surface area contributed by atoms with Crippen LogP contribution in [-0.4, -0.2) is 17.3 Å². The first kappa shape index (κ1) is 14.7. The van der Waals surface area contributed by atoms with Crippen molar-refractivity contribution in [1.82, 2.24) is 5.32 Å². The molecule has 0 spiro atoms. The highest BCUT2D eigenvalue weighted by Gasteiger charge is 2.18. The number of carbonyl (C=O) groups excluding carboxylic acids is 1. The van der Waals surface area contributed by atoms with Gasteiger partial charge in [-0.2, -0.15) is 0 Å². The number of nitrogens with one attached hydrogen (secondary N) is 1. The third-order valence-electron chi connectivity index (χ3n) is 2.16. The molecule has 1 N–H and O–H groups in total. The minimum absolute atomic E-state index is 0.0189. The van der Waals surface area contributed by atoms with E-state index >= 15 is 0 Å². The van der Waals surface area contributed by atoms with E-state index in [2.05, 4.69) is 67.0 Å². The fourth-order valence-corrected chi connectivity index (χ4v) is 3.93. The van der Waals surface area contributed by atoms with Gasteiger partial charge in [0.1, 0.15) is 0 Å². The second-order valence-corrected chi connectivity index (χ2v) is 7.58. The number of rotatable bonds is 4. The Hall–Kier alpha value is 0.610. The van der Waals surface area contributed by atoms with Crippen LogP contribution in [0.1, 0.15) is 23.5 Å². The summed E-state index contributed by atoms with van der Waals surface area (Å²) in [6.45, 7) is 4.18. The number of thiophene rings is 1. The number of alkyl halides is 1. The summed E-state index contributed by atoms with van der Waals surface area (Å²) in [7, 11) is 0. The fourth-order valence-electron chi connectivity index (χ4n) is 1.08. The molecule has 1 atom stereocenters. The van der Waals surface area contributed by atoms with Crippen LogP contribution in [-0.2, 0) is 0 Å². The van der Waals surface area contributed by atoms with E-state index < -0.39 is 0 Å². The van der Waals surface area contributed by atoms with Gasteiger partial charge in [-0.15, -0.1) is 11.3 Å². The van der Waals surface area contributed by atoms with Crippen LogP contribution in [0.2, 0.25) is 0 Å². The van der Waals surface area contributed by atoms with Gasteiger partial charge < -0.3 is 5.32 Å². The summed E-state index contributed by atoms with van der Waals surface area (Å²) in [6.07, 6.45) is 0. The van der Waals surface area contributed by atoms with Gasteiger partial charge in [-0.25, -0.2) is 0 Å². The molecule has 16 heavy (non-hydrogen) atoms. The molecule has 1 unspecified atom stereocenters. The summed E-state index contributed by atoms with van der Waals surface area (Å²) < 4.78 is 1.86. The lowest BCUT2D eigenvalue weighted by Crippen LogP contribution is -2.39. The van der Waals surface area contributed by atoms with Crippen molar-refractivity contribution in [2.45, 2.75) is 19.9 Å². The second kappa shape index (κ2) is 6.52. The van der Waals surface area contributed by atoms with E-state index in [-0.39, 0.29) is 11.9 Å². The van der Waals surface area contributed by atoms with Gasteiger partial charge in [-0.05, 0) is 43.8 Å². The van der Waals surface area contributed by atoms with E-state index in [4.69, 9.17) is 0 Å². The van der Waals surface area contributed by atoms with E-state index in [9.17, 15) is 4.79 Å². The van der Waals surface area contributed by atoms with E-state index in [0.29, 0.717) is 10.8 Å². The van der Waals surface area contributed by atoms with Crippen LogP contribution in [0.25, 0.3) is 0 Å². The Labute approximate surface area is 125 Å². The molecule has 0 aliphatic carbocycles. The summed E-state index contributed by atoms with van der Waals surface area (Å²) in [5, 5.41) is 3.77. The SMILES string of the molecule is CC(C)C(CBr)NC(=O)c1cc(Br)c(Br)s1. The van der Waals surface area contributed by atoms with Crippen molar-refractivity contribution in [1.29, 1.82) is 0 Å². The molecule has 0 aliphatic heterocycles. The Morgan fingerprint density at radius 3 is 2.50 bits per heavy atom. The number of hydrogen-bond acceptors (Lipinski definition) is 2. The van der Waals surface area contributed by atoms with Crippen LogP contribution in [0.15, 0.2) is 14.3 Å². The highest BCUT2D eigenvalue weighted by atomic mass is 79.9. The average molecular weight is 434 g/mol. The first-order valence-electron chi connectivity index (χ1n) is 4.77. The van der Waals surface area contributed by atoms with E-state index in [1.165, 1.54) is 11.3 Å². The zero-order valence-corrected chi connectivity index (χ0v) is 14.5. The molecule has 1 aromatic heterocycles. The topological polar surface area (TPSA) is 29.1 Å². The van der Waals surface area contributed by atoms with Crippen LogP contribution in [0.4, 0.5) is 0 Å². The van der Waals surface area contributed by atoms with Gasteiger partial charge in [0.15, 0.2) is 0 Å². The number of halogens is 3. The van der Waals surface area contributed by atoms with E-state index in [1.807, 2.05) is 6.07 Å². The molecule has 0 fully saturated rings. The number of hydrogen-bond donors (Lipinski definition) is 1. The molecule has 0 radical (unpaired) electrons. The molecular weight excluding hydrogens is 422 g/mol. The predicted octanol–water partition coefficient (Wildman–Crippen LogP) is 4.42. The molecule has 1 amide bonds. The zero-order chi connectivity index (χ0) is 12.3. The molecule has 0 aliphatic rings. The smallest absolute Gasteiger partial charge is 0.261 e. The molecule has 1 aromatic rings. The highest BCUT2D eigenvalue weighted by molar-refractivity contribution is 9.13. The molecule has 0 saturated carbocycles. The van der Waals surface area contributed by atoms with Crippen LogP contribution < -0.4 is 5.32 Å². The van der Waals surface area contributed by atoms with Gasteiger partial charge in [-0.1, -0.05) is 29.8 Å². The van der Waals surface area contributed by atoms with E-state index in [0.717, 1.165) is 13.6 Å². The van der Waals surface area contributed by atoms with Crippen molar-refractivity contribution in [2.75, 3.05) is 5.33 Å². The Morgan fingerprint density at radius 2 is 2.12 bits per heavy atom. The summed E-state index contributed by atoms with van der Waals surface area (Å²) in [5.74, 6) is 0.393. The summed E-state index contributed by atoms with van der Waals surface area (Å²) in [4.78, 5) is 12.6. The van der Waals surface area contributed by atoms with Crippen molar-refractivity contribution < 1.29 is 4.79 Å². The second-order valence-electron chi connectivity index (χ2n) is 3.71. The monoisotopic (exact) mass is 431 g/mol. The molecule has 1 heterocycles. The molecule has 0 bridgehead atoms. The minimum atomic E-state index is -0.0189. The minimum Gasteiger partial charge on any atom is -0.348 e. The number of amides is 1. The lowest BCUT2D eigenvalue weighted by molar-refractivity contribution is 0.0936. The maximum atomic E-state index is 11.9. The van der Waals surface area contributed by atoms with Crippen molar-refractivity contribution in [3.63, 3.8) is 0 Å². The van der Waals surface area contributed by atoms with Gasteiger partial charge in [0.05, 0.1) is 8.66 Å². The van der Waals surface area contributed by atoms with Crippen molar-refractivity contribution >= 4 is 65.0 Å². The first-order valence-corrected chi connectivity index (χ1v) is 8.29. The molecule has 0 aromatic carbocycles. The molecule has 1 rings (SSSR count). The normalized spacial score (nSPS) is 12.9. The van der Waals surface area contributed by atoms with Crippen molar-refractivity contribution in [3.8, 4) is 0 Å². The van der Waals surface area contributed by atoms with Gasteiger partial charge in [0.25, 0.3) is 5.91 Å². The standard InChI is InChI=1S/C10H12Br3NOS/c1-5(2)7(4-11)14-10(15)8-3-6(12)9(13)16-8/h3,5,7H,4H2,1-2H3,(H,14,15). The first-order chi connectivity index (χ1) is 7.45. The zero-order valence-electron chi connectivity index (χ0n) is 8.89. The Bertz CT molecular complexity index is 359. The lowest BCUT2D eigenvalue weighted by Gasteiger charge is -2.19. The van der Waals surface area contributed by atoms with Crippen LogP contribution in [0.5, 0.6) is 0 Å². The average Bonchev–Trinajstić information content (AvgIpc) is 2.55. The van der Waals surface area contributed by atoms with Gasteiger partial charge in [0, 0.05) is 15.8 Å². The maximum absolute atomic E-state index is 11.9. The number of carbonyl (C=O) groups is 1. The predicted molar refractivity (Wildman–Crippen MR) is 79.6 cm³/mol. The maximum Gasteiger partial charge on any atom is 0.261 e. The van der Waals surface area contributed by atoms with Crippen LogP contribution in [0, 0.1) is 5.92 Å². The molecule has 0 saturated heterocycles. The Kier molecular flexibility index (Phi) is 5.98. The van der Waals surface area contributed by atoms with Crippen LogP contribution in [0.3, 0.4) is 0 Å². The molecule has 6 heteroatoms. The molecule has 2 nitrogen and oxygen atoms in total. The van der Waals surface area contributed by atoms with Crippen molar-refractivity contribution in [2.24, 2.45) is 5.92 Å². The Morgan fingerprint density at radius 1 is 1.50 bits per heavy atom. The van der Waals surface area contributed by atoms with Gasteiger partial charge >= 0.3 is 0 Å². The third-order valence-corrected chi connectivity index (χ3v) is 6.11. The molecular formula is C10H12Br3NOS. The summed E-state index contributed by atoms with van der Waals surface area (Å²) in [5.41, 5.74) is 0. The lowest BCUT2D eigenvalue weighted by atomic mass is 10.1. The fraction of sp³-hybridized carbons (Fsp3) is 0.500. The highest BCUT2D eigenvalue weighted by Crippen LogP contribution is 2.32.